The number of halogens is 1. The molecule has 10 heteroatoms. The lowest BCUT2D eigenvalue weighted by Crippen LogP contribution is -2.52. The van der Waals surface area contributed by atoms with Crippen LogP contribution in [0.25, 0.3) is 10.9 Å². The lowest BCUT2D eigenvalue weighted by atomic mass is 10.0. The van der Waals surface area contributed by atoms with Crippen LogP contribution in [0.15, 0.2) is 18.2 Å². The first-order chi connectivity index (χ1) is 17.7. The average Bonchev–Trinajstić information content (AvgIpc) is 3.17. The Morgan fingerprint density at radius 1 is 1.24 bits per heavy atom. The smallest absolute Gasteiger partial charge is 0.272 e. The molecule has 3 amide bonds. The molecular weight excluding hydrogens is 496 g/mol. The Morgan fingerprint density at radius 2 is 2.00 bits per heavy atom. The van der Waals surface area contributed by atoms with E-state index in [1.165, 1.54) is 14.0 Å². The van der Waals surface area contributed by atoms with E-state index in [4.69, 9.17) is 21.1 Å². The molecule has 0 radical (unpaired) electrons. The number of rotatable bonds is 11. The number of hydrogen-bond acceptors (Lipinski definition) is 6. The number of carbonyl (C=O) groups is 3. The van der Waals surface area contributed by atoms with E-state index in [-0.39, 0.29) is 30.5 Å². The molecule has 1 atom stereocenters. The summed E-state index contributed by atoms with van der Waals surface area (Å²) in [4.78, 5) is 41.1. The zero-order valence-corrected chi connectivity index (χ0v) is 23.3. The van der Waals surface area contributed by atoms with Crippen molar-refractivity contribution in [3.05, 3.63) is 28.9 Å². The number of unbranched alkanes of at least 4 members (excludes halogenated alkanes) is 1. The van der Waals surface area contributed by atoms with Gasteiger partial charge in [0.15, 0.2) is 6.61 Å². The van der Waals surface area contributed by atoms with E-state index < -0.39 is 5.91 Å². The summed E-state index contributed by atoms with van der Waals surface area (Å²) < 4.78 is 13.1. The molecule has 1 aromatic carbocycles. The van der Waals surface area contributed by atoms with Crippen LogP contribution in [0.2, 0.25) is 5.02 Å². The zero-order valence-electron chi connectivity index (χ0n) is 22.5. The van der Waals surface area contributed by atoms with E-state index in [1.807, 2.05) is 29.4 Å². The number of fused-ring (bicyclic) bond motifs is 1. The SMILES string of the molecule is COCCCCn1c(C(=O)N(C(C)C)[C@@H]2CCCNC2)c(Cl)c2cccc(OCC(=O)N(C)C(C)=O)c21. The molecule has 0 spiro atoms. The van der Waals surface area contributed by atoms with E-state index in [1.54, 1.807) is 19.2 Å². The molecule has 1 aromatic heterocycles. The van der Waals surface area contributed by atoms with Gasteiger partial charge in [-0.15, -0.1) is 0 Å². The van der Waals surface area contributed by atoms with Crippen molar-refractivity contribution in [2.24, 2.45) is 0 Å². The van der Waals surface area contributed by atoms with Crippen LogP contribution in [0.1, 0.15) is 56.9 Å². The van der Waals surface area contributed by atoms with Gasteiger partial charge >= 0.3 is 0 Å². The number of likely N-dealkylation sites (N-methyl/N-ethyl adjacent to an activating group) is 1. The van der Waals surface area contributed by atoms with Crippen LogP contribution in [-0.4, -0.2) is 84.6 Å². The summed E-state index contributed by atoms with van der Waals surface area (Å²) >= 11 is 6.93. The van der Waals surface area contributed by atoms with Crippen molar-refractivity contribution in [3.63, 3.8) is 0 Å². The molecule has 37 heavy (non-hydrogen) atoms. The van der Waals surface area contributed by atoms with Crippen LogP contribution in [0.4, 0.5) is 0 Å². The van der Waals surface area contributed by atoms with Crippen LogP contribution in [0.5, 0.6) is 5.75 Å². The van der Waals surface area contributed by atoms with Crippen molar-refractivity contribution in [2.75, 3.05) is 40.5 Å². The number of piperidine rings is 1. The van der Waals surface area contributed by atoms with Crippen LogP contribution in [-0.2, 0) is 20.9 Å². The molecule has 2 aromatic rings. The van der Waals surface area contributed by atoms with Crippen LogP contribution >= 0.6 is 11.6 Å². The Hall–Kier alpha value is -2.62. The Labute approximate surface area is 224 Å². The van der Waals surface area contributed by atoms with Crippen molar-refractivity contribution in [1.29, 1.82) is 0 Å². The summed E-state index contributed by atoms with van der Waals surface area (Å²) in [7, 11) is 3.08. The first-order valence-electron chi connectivity index (χ1n) is 12.9. The maximum Gasteiger partial charge on any atom is 0.272 e. The number of imide groups is 1. The van der Waals surface area contributed by atoms with Crippen LogP contribution in [0, 0.1) is 0 Å². The molecule has 0 bridgehead atoms. The number of carbonyl (C=O) groups excluding carboxylic acids is 3. The monoisotopic (exact) mass is 534 g/mol. The highest BCUT2D eigenvalue weighted by molar-refractivity contribution is 6.39. The van der Waals surface area contributed by atoms with Gasteiger partial charge in [-0.05, 0) is 52.1 Å². The number of nitrogens with one attached hydrogen (secondary N) is 1. The predicted molar refractivity (Wildman–Crippen MR) is 144 cm³/mol. The highest BCUT2D eigenvalue weighted by Gasteiger charge is 2.33. The second kappa shape index (κ2) is 13.3. The van der Waals surface area contributed by atoms with E-state index >= 15 is 0 Å². The third-order valence-corrected chi connectivity index (χ3v) is 7.20. The molecule has 1 aliphatic heterocycles. The second-order valence-electron chi connectivity index (χ2n) is 9.73. The molecule has 2 heterocycles. The molecule has 1 aliphatic rings. The van der Waals surface area contributed by atoms with Crippen molar-refractivity contribution >= 4 is 40.2 Å². The fourth-order valence-corrected chi connectivity index (χ4v) is 5.16. The lowest BCUT2D eigenvalue weighted by Gasteiger charge is -2.38. The van der Waals surface area contributed by atoms with Crippen molar-refractivity contribution < 1.29 is 23.9 Å². The highest BCUT2D eigenvalue weighted by atomic mass is 35.5. The molecule has 1 N–H and O–H groups in total. The fourth-order valence-electron chi connectivity index (χ4n) is 4.83. The minimum absolute atomic E-state index is 0.0103. The summed E-state index contributed by atoms with van der Waals surface area (Å²) in [6.07, 6.45) is 3.52. The molecular formula is C27H39ClN4O5. The molecule has 1 fully saturated rings. The maximum atomic E-state index is 14.2. The number of amides is 3. The molecule has 204 valence electrons. The predicted octanol–water partition coefficient (Wildman–Crippen LogP) is 3.71. The van der Waals surface area contributed by atoms with Crippen LogP contribution in [0.3, 0.4) is 0 Å². The van der Waals surface area contributed by atoms with E-state index in [0.29, 0.717) is 40.5 Å². The van der Waals surface area contributed by atoms with Crippen molar-refractivity contribution in [2.45, 2.75) is 65.1 Å². The zero-order chi connectivity index (χ0) is 27.1. The Bertz CT molecular complexity index is 1110. The van der Waals surface area contributed by atoms with Gasteiger partial charge in [0.1, 0.15) is 11.4 Å². The van der Waals surface area contributed by atoms with Gasteiger partial charge < -0.3 is 24.3 Å². The Kier molecular flexibility index (Phi) is 10.4. The van der Waals surface area contributed by atoms with Gasteiger partial charge in [-0.1, -0.05) is 23.7 Å². The van der Waals surface area contributed by atoms with E-state index in [0.717, 1.165) is 43.7 Å². The molecule has 0 saturated carbocycles. The molecule has 9 nitrogen and oxygen atoms in total. The van der Waals surface area contributed by atoms with Gasteiger partial charge in [0.25, 0.3) is 11.8 Å². The largest absolute Gasteiger partial charge is 0.482 e. The molecule has 0 unspecified atom stereocenters. The van der Waals surface area contributed by atoms with Gasteiger partial charge in [0, 0.05) is 58.2 Å². The fraction of sp³-hybridized carbons (Fsp3) is 0.593. The minimum atomic E-state index is -0.458. The van der Waals surface area contributed by atoms with Gasteiger partial charge in [0.2, 0.25) is 5.91 Å². The minimum Gasteiger partial charge on any atom is -0.482 e. The highest BCUT2D eigenvalue weighted by Crippen LogP contribution is 2.38. The lowest BCUT2D eigenvalue weighted by molar-refractivity contribution is -0.143. The number of ether oxygens (including phenoxy) is 2. The third kappa shape index (κ3) is 6.64. The average molecular weight is 535 g/mol. The number of aryl methyl sites for hydroxylation is 1. The van der Waals surface area contributed by atoms with Crippen LogP contribution < -0.4 is 10.1 Å². The number of nitrogens with zero attached hydrogens (tertiary/aromatic N) is 3. The summed E-state index contributed by atoms with van der Waals surface area (Å²) in [6, 6.07) is 5.47. The molecule has 3 rings (SSSR count). The topological polar surface area (TPSA) is 93.1 Å². The Balaban J connectivity index is 2.06. The number of aromatic nitrogens is 1. The number of methoxy groups -OCH3 is 1. The normalized spacial score (nSPS) is 15.7. The molecule has 1 saturated heterocycles. The molecule has 0 aliphatic carbocycles. The number of para-hydroxylation sites is 1. The maximum absolute atomic E-state index is 14.2. The third-order valence-electron chi connectivity index (χ3n) is 6.82. The van der Waals surface area contributed by atoms with E-state index in [9.17, 15) is 14.4 Å². The summed E-state index contributed by atoms with van der Waals surface area (Å²) in [6.45, 7) is 7.91. The quantitative estimate of drug-likeness (QED) is 0.442. The Morgan fingerprint density at radius 3 is 2.62 bits per heavy atom. The van der Waals surface area contributed by atoms with Crippen molar-refractivity contribution in [3.8, 4) is 5.75 Å². The van der Waals surface area contributed by atoms with Gasteiger partial charge in [-0.3, -0.25) is 19.3 Å². The first kappa shape index (κ1) is 28.9. The van der Waals surface area contributed by atoms with Crippen molar-refractivity contribution in [1.82, 2.24) is 19.7 Å². The van der Waals surface area contributed by atoms with Gasteiger partial charge in [0.05, 0.1) is 10.5 Å². The van der Waals surface area contributed by atoms with Gasteiger partial charge in [-0.25, -0.2) is 0 Å². The van der Waals surface area contributed by atoms with E-state index in [2.05, 4.69) is 5.32 Å². The number of hydrogen-bond donors (Lipinski definition) is 1. The summed E-state index contributed by atoms with van der Waals surface area (Å²) in [5.41, 5.74) is 1.09. The second-order valence-corrected chi connectivity index (χ2v) is 10.1. The summed E-state index contributed by atoms with van der Waals surface area (Å²) in [5.74, 6) is -0.503. The van der Waals surface area contributed by atoms with Gasteiger partial charge in [-0.2, -0.15) is 0 Å². The first-order valence-corrected chi connectivity index (χ1v) is 13.3. The number of benzene rings is 1. The summed E-state index contributed by atoms with van der Waals surface area (Å²) in [5, 5.41) is 4.47. The standard InChI is InChI=1S/C27H39ClN4O5/c1-18(2)32(20-10-9-13-29-16-20)27(35)26-24(28)21-11-8-12-22(37-17-23(34)30(4)19(3)33)25(21)31(26)14-6-7-15-36-5/h8,11-12,18,20,29H,6-7,9-10,13-17H2,1-5H3/t20-/m1/s1.